The number of esters is 1. The molecule has 8 rings (SSSR count). The Bertz CT molecular complexity index is 2320. The Labute approximate surface area is 386 Å². The summed E-state index contributed by atoms with van der Waals surface area (Å²) in [7, 11) is 4.42. The number of pyridine rings is 2. The minimum absolute atomic E-state index is 0.0953. The van der Waals surface area contributed by atoms with Crippen molar-refractivity contribution in [3.63, 3.8) is 0 Å². The zero-order valence-corrected chi connectivity index (χ0v) is 39.4. The Morgan fingerprint density at radius 2 is 1.23 bits per heavy atom. The number of nitrogens with zero attached hydrogens (tertiary/aromatic N) is 4. The number of likely N-dealkylation sites (N-methyl/N-ethyl adjacent to an activating group) is 2. The maximum absolute atomic E-state index is 11.8. The Kier molecular flexibility index (Phi) is 19.0. The van der Waals surface area contributed by atoms with Crippen LogP contribution in [0.2, 0.25) is 0 Å². The number of ether oxygens (including phenoxy) is 2. The molecule has 0 saturated carbocycles. The number of nitrogens with two attached hydrogens (primary N) is 1. The number of Topliss-reactive ketones (excluding diaryl/α,β-unsaturated/α-hetero) is 1. The van der Waals surface area contributed by atoms with Crippen molar-refractivity contribution in [2.75, 3.05) is 38.2 Å². The molecule has 0 saturated heterocycles. The van der Waals surface area contributed by atoms with Gasteiger partial charge < -0.3 is 30.3 Å². The predicted octanol–water partition coefficient (Wildman–Crippen LogP) is 8.92. The number of hydrogen-bond donors (Lipinski definition) is 2. The fourth-order valence-electron chi connectivity index (χ4n) is 8.15. The smallest absolute Gasteiger partial charge is 0.337 e. The molecule has 0 bridgehead atoms. The number of rotatable bonds is 11. The molecule has 11 heteroatoms. The Balaban J connectivity index is 0.000000183. The van der Waals surface area contributed by atoms with E-state index in [2.05, 4.69) is 119 Å². The molecule has 0 fully saturated rings. The number of fused-ring (bicyclic) bond motifs is 2. The molecule has 2 atom stereocenters. The van der Waals surface area contributed by atoms with Crippen molar-refractivity contribution in [3.05, 3.63) is 167 Å². The van der Waals surface area contributed by atoms with E-state index in [1.54, 1.807) is 33.2 Å². The van der Waals surface area contributed by atoms with Gasteiger partial charge in [-0.05, 0) is 121 Å². The number of anilines is 2. The minimum Gasteiger partial charge on any atom is -0.457 e. The maximum atomic E-state index is 11.8. The summed E-state index contributed by atoms with van der Waals surface area (Å²) in [5.74, 6) is -0.958. The molecule has 5 aromatic rings. The number of nitrogens with one attached hydrogen (secondary N) is 1. The van der Waals surface area contributed by atoms with Gasteiger partial charge in [0.25, 0.3) is 0 Å². The number of amides is 1. The van der Waals surface area contributed by atoms with Crippen LogP contribution in [0.4, 0.5) is 11.4 Å². The molecule has 2 unspecified atom stereocenters. The molecular formula is C54H68N6O5. The van der Waals surface area contributed by atoms with E-state index in [1.165, 1.54) is 52.9 Å². The fraction of sp³-hybridized carbons (Fsp3) is 0.389. The van der Waals surface area contributed by atoms with Crippen LogP contribution >= 0.6 is 0 Å². The Morgan fingerprint density at radius 1 is 0.738 bits per heavy atom. The van der Waals surface area contributed by atoms with Gasteiger partial charge >= 0.3 is 5.97 Å². The molecule has 3 heterocycles. The molecule has 1 amide bonds. The molecule has 3 N–H and O–H groups in total. The lowest BCUT2D eigenvalue weighted by Crippen LogP contribution is -2.38. The summed E-state index contributed by atoms with van der Waals surface area (Å²) in [4.78, 5) is 47.5. The highest BCUT2D eigenvalue weighted by atomic mass is 16.7. The van der Waals surface area contributed by atoms with Gasteiger partial charge in [-0.15, -0.1) is 0 Å². The number of benzene rings is 3. The minimum atomic E-state index is -0.796. The lowest BCUT2D eigenvalue weighted by Gasteiger charge is -2.32. The van der Waals surface area contributed by atoms with E-state index < -0.39 is 5.79 Å². The first-order chi connectivity index (χ1) is 31.1. The van der Waals surface area contributed by atoms with E-state index in [1.807, 2.05) is 30.3 Å². The second-order valence-corrected chi connectivity index (χ2v) is 17.7. The molecule has 1 aliphatic heterocycles. The van der Waals surface area contributed by atoms with E-state index in [4.69, 9.17) is 15.2 Å². The van der Waals surface area contributed by atoms with Crippen molar-refractivity contribution in [1.82, 2.24) is 19.8 Å². The van der Waals surface area contributed by atoms with Crippen LogP contribution in [0.3, 0.4) is 0 Å². The first-order valence-electron chi connectivity index (χ1n) is 22.7. The van der Waals surface area contributed by atoms with Gasteiger partial charge in [-0.25, -0.2) is 4.79 Å². The van der Waals surface area contributed by atoms with Crippen molar-refractivity contribution in [1.29, 1.82) is 0 Å². The summed E-state index contributed by atoms with van der Waals surface area (Å²) in [6, 6.07) is 36.7. The highest BCUT2D eigenvalue weighted by Crippen LogP contribution is 2.26. The van der Waals surface area contributed by atoms with Crippen molar-refractivity contribution in [2.45, 2.75) is 110 Å². The van der Waals surface area contributed by atoms with E-state index in [0.29, 0.717) is 23.5 Å². The first-order valence-corrected chi connectivity index (χ1v) is 22.7. The van der Waals surface area contributed by atoms with Gasteiger partial charge in [-0.3, -0.25) is 19.6 Å². The van der Waals surface area contributed by atoms with E-state index >= 15 is 0 Å². The number of aromatic nitrogens is 2. The second-order valence-electron chi connectivity index (χ2n) is 17.7. The summed E-state index contributed by atoms with van der Waals surface area (Å²) in [6.45, 7) is 10.7. The van der Waals surface area contributed by atoms with Gasteiger partial charge in [0.2, 0.25) is 11.7 Å². The zero-order chi connectivity index (χ0) is 46.8. The average molecular weight is 881 g/mol. The standard InChI is InChI=1S/C22H27N3O2.C18H23N3.C7H10O3.C7H8/c1-16(26)12-22(27)24-19-13-18-14-20(8-9-21(18)23-15-19)25(2)11-10-17-6-4-3-5-7-17;1-21(10-9-14-5-3-2-4-6-14)17-7-8-18-15(12-17)11-16(19)13-20-18;1-5-4-6(8)10-7(2,3)9-5;1-7-5-3-2-4-6-7/h3-7,13,15,20H,8-12,14H2,1-2H3,(H,24,27);2-6,11,13,17H,7-10,12,19H2,1H3;4H,1-3H3;2-6H,1H3. The summed E-state index contributed by atoms with van der Waals surface area (Å²) in [5, 5.41) is 2.78. The van der Waals surface area contributed by atoms with Gasteiger partial charge in [0.1, 0.15) is 11.5 Å². The third-order valence-electron chi connectivity index (χ3n) is 11.6. The first kappa shape index (κ1) is 49.8. The van der Waals surface area contributed by atoms with Crippen LogP contribution in [-0.2, 0) is 62.4 Å². The van der Waals surface area contributed by atoms with Gasteiger partial charge in [0.15, 0.2) is 0 Å². The second kappa shape index (κ2) is 24.8. The zero-order valence-electron chi connectivity index (χ0n) is 39.4. The van der Waals surface area contributed by atoms with Crippen LogP contribution in [0.15, 0.2) is 127 Å². The van der Waals surface area contributed by atoms with Gasteiger partial charge in [-0.1, -0.05) is 96.6 Å². The van der Waals surface area contributed by atoms with Crippen molar-refractivity contribution >= 4 is 29.0 Å². The van der Waals surface area contributed by atoms with E-state index in [0.717, 1.165) is 69.4 Å². The number of allylic oxidation sites excluding steroid dienone is 1. The van der Waals surface area contributed by atoms with Crippen LogP contribution in [0, 0.1) is 6.92 Å². The lowest BCUT2D eigenvalue weighted by molar-refractivity contribution is -0.204. The lowest BCUT2D eigenvalue weighted by atomic mass is 9.90. The molecule has 3 aromatic carbocycles. The van der Waals surface area contributed by atoms with E-state index in [9.17, 15) is 14.4 Å². The normalized spacial score (nSPS) is 16.8. The number of cyclic esters (lactones) is 1. The summed E-state index contributed by atoms with van der Waals surface area (Å²) < 4.78 is 9.97. The SMILES string of the molecule is CC(=O)CC(=O)Nc1cnc2c(c1)CC(N(C)CCc1ccccc1)CC2.CC1=CC(=O)OC(C)(C)O1.CN(CCc1ccccc1)C1CCc2ncc(N)cc2C1.Cc1ccccc1. The highest BCUT2D eigenvalue weighted by Gasteiger charge is 2.28. The number of carbonyl (C=O) groups excluding carboxylic acids is 3. The molecule has 344 valence electrons. The molecule has 3 aliphatic rings. The Morgan fingerprint density at radius 3 is 1.69 bits per heavy atom. The highest BCUT2D eigenvalue weighted by molar-refractivity contribution is 6.03. The van der Waals surface area contributed by atoms with Gasteiger partial charge in [-0.2, -0.15) is 0 Å². The average Bonchev–Trinajstić information content (AvgIpc) is 3.27. The fourth-order valence-corrected chi connectivity index (χ4v) is 8.15. The molecule has 65 heavy (non-hydrogen) atoms. The molecule has 0 spiro atoms. The maximum Gasteiger partial charge on any atom is 0.337 e. The quantitative estimate of drug-likeness (QED) is 0.0977. The third-order valence-corrected chi connectivity index (χ3v) is 11.6. The topological polar surface area (TPSA) is 140 Å². The molecule has 0 radical (unpaired) electrons. The largest absolute Gasteiger partial charge is 0.457 e. The van der Waals surface area contributed by atoms with Crippen LogP contribution < -0.4 is 11.1 Å². The van der Waals surface area contributed by atoms with Crippen molar-refractivity contribution in [2.24, 2.45) is 0 Å². The summed E-state index contributed by atoms with van der Waals surface area (Å²) in [6.07, 6.45) is 13.2. The van der Waals surface area contributed by atoms with Crippen LogP contribution in [0.25, 0.3) is 0 Å². The van der Waals surface area contributed by atoms with Crippen molar-refractivity contribution < 1.29 is 23.9 Å². The molecule has 2 aromatic heterocycles. The Hall–Kier alpha value is -6.17. The molecule has 11 nitrogen and oxygen atoms in total. The molecular weight excluding hydrogens is 813 g/mol. The number of nitrogen functional groups attached to an aromatic ring is 1. The van der Waals surface area contributed by atoms with Crippen LogP contribution in [0.5, 0.6) is 0 Å². The van der Waals surface area contributed by atoms with Gasteiger partial charge in [0, 0.05) is 50.4 Å². The van der Waals surface area contributed by atoms with Gasteiger partial charge in [0.05, 0.1) is 36.3 Å². The molecule has 2 aliphatic carbocycles. The number of carbonyl (C=O) groups is 3. The summed E-state index contributed by atoms with van der Waals surface area (Å²) >= 11 is 0. The predicted molar refractivity (Wildman–Crippen MR) is 260 cm³/mol. The number of hydrogen-bond acceptors (Lipinski definition) is 10. The van der Waals surface area contributed by atoms with E-state index in [-0.39, 0.29) is 24.1 Å². The summed E-state index contributed by atoms with van der Waals surface area (Å²) in [5.41, 5.74) is 16.3. The van der Waals surface area contributed by atoms with Crippen LogP contribution in [-0.4, -0.2) is 82.5 Å². The third kappa shape index (κ3) is 17.4. The number of aryl methyl sites for hydroxylation is 3. The van der Waals surface area contributed by atoms with Crippen LogP contribution in [0.1, 0.15) is 86.2 Å². The monoisotopic (exact) mass is 881 g/mol. The number of ketones is 1. The van der Waals surface area contributed by atoms with Crippen molar-refractivity contribution in [3.8, 4) is 0 Å².